The third kappa shape index (κ3) is 5.36. The zero-order chi connectivity index (χ0) is 17.5. The van der Waals surface area contributed by atoms with Crippen molar-refractivity contribution in [2.75, 3.05) is 39.4 Å². The van der Waals surface area contributed by atoms with Crippen molar-refractivity contribution >= 4 is 0 Å². The van der Waals surface area contributed by atoms with Gasteiger partial charge in [-0.25, -0.2) is 0 Å². The zero-order valence-corrected chi connectivity index (χ0v) is 15.2. The Balaban J connectivity index is 1.47. The maximum Gasteiger partial charge on any atom is 0.240 e. The van der Waals surface area contributed by atoms with E-state index in [-0.39, 0.29) is 0 Å². The van der Waals surface area contributed by atoms with E-state index in [1.807, 2.05) is 25.1 Å². The molecule has 3 rings (SSSR count). The van der Waals surface area contributed by atoms with E-state index in [0.29, 0.717) is 18.4 Å². The molecule has 0 spiro atoms. The van der Waals surface area contributed by atoms with Crippen LogP contribution in [0.1, 0.15) is 31.1 Å². The molecule has 0 radical (unpaired) electrons. The van der Waals surface area contributed by atoms with E-state index in [1.54, 1.807) is 0 Å². The molecule has 0 amide bonds. The van der Waals surface area contributed by atoms with Crippen molar-refractivity contribution < 1.29 is 9.26 Å². The van der Waals surface area contributed by atoms with Crippen LogP contribution >= 0.6 is 0 Å². The van der Waals surface area contributed by atoms with Crippen molar-refractivity contribution in [3.8, 4) is 0 Å². The molecule has 6 nitrogen and oxygen atoms in total. The molecular weight excluding hydrogens is 316 g/mol. The Hall–Kier alpha value is -1.76. The second kappa shape index (κ2) is 9.08. The van der Waals surface area contributed by atoms with Gasteiger partial charge in [0.1, 0.15) is 0 Å². The highest BCUT2D eigenvalue weighted by Gasteiger charge is 2.24. The van der Waals surface area contributed by atoms with Crippen LogP contribution in [-0.4, -0.2) is 65.4 Å². The first-order valence-corrected chi connectivity index (χ1v) is 9.14. The topological polar surface area (TPSA) is 54.6 Å². The zero-order valence-electron chi connectivity index (χ0n) is 15.2. The Morgan fingerprint density at radius 1 is 1.24 bits per heavy atom. The fourth-order valence-corrected chi connectivity index (χ4v) is 3.27. The van der Waals surface area contributed by atoms with E-state index in [0.717, 1.165) is 51.8 Å². The van der Waals surface area contributed by atoms with E-state index < -0.39 is 0 Å². The van der Waals surface area contributed by atoms with E-state index in [2.05, 4.69) is 39.0 Å². The SMILES string of the molecule is CCOCCN1CCN(Cc2nc(Cc3ccccc3)no2)C[C@H]1C. The molecule has 6 heteroatoms. The molecule has 1 fully saturated rings. The Labute approximate surface area is 149 Å². The molecule has 0 saturated carbocycles. The van der Waals surface area contributed by atoms with Crippen molar-refractivity contribution in [3.05, 3.63) is 47.6 Å². The monoisotopic (exact) mass is 344 g/mol. The van der Waals surface area contributed by atoms with Crippen molar-refractivity contribution in [2.45, 2.75) is 32.9 Å². The van der Waals surface area contributed by atoms with Crippen LogP contribution in [0.2, 0.25) is 0 Å². The Morgan fingerprint density at radius 3 is 2.84 bits per heavy atom. The summed E-state index contributed by atoms with van der Waals surface area (Å²) in [5, 5.41) is 4.12. The van der Waals surface area contributed by atoms with E-state index >= 15 is 0 Å². The molecule has 1 aromatic heterocycles. The smallest absolute Gasteiger partial charge is 0.240 e. The number of piperazine rings is 1. The summed E-state index contributed by atoms with van der Waals surface area (Å²) in [6, 6.07) is 10.8. The molecule has 2 aromatic rings. The van der Waals surface area contributed by atoms with E-state index in [1.165, 1.54) is 5.56 Å². The van der Waals surface area contributed by atoms with Crippen molar-refractivity contribution in [2.24, 2.45) is 0 Å². The number of rotatable bonds is 8. The third-order valence-electron chi connectivity index (χ3n) is 4.65. The van der Waals surface area contributed by atoms with Crippen LogP contribution in [0, 0.1) is 0 Å². The Morgan fingerprint density at radius 2 is 2.08 bits per heavy atom. The minimum Gasteiger partial charge on any atom is -0.380 e. The van der Waals surface area contributed by atoms with Gasteiger partial charge in [0, 0.05) is 45.2 Å². The van der Waals surface area contributed by atoms with Crippen molar-refractivity contribution in [1.82, 2.24) is 19.9 Å². The first-order valence-electron chi connectivity index (χ1n) is 9.14. The summed E-state index contributed by atoms with van der Waals surface area (Å²) in [5.41, 5.74) is 1.20. The normalized spacial score (nSPS) is 19.4. The highest BCUT2D eigenvalue weighted by molar-refractivity contribution is 5.18. The van der Waals surface area contributed by atoms with Gasteiger partial charge in [-0.15, -0.1) is 0 Å². The minimum absolute atomic E-state index is 0.515. The van der Waals surface area contributed by atoms with Crippen LogP contribution in [0.3, 0.4) is 0 Å². The predicted molar refractivity (Wildman–Crippen MR) is 96.4 cm³/mol. The lowest BCUT2D eigenvalue weighted by Gasteiger charge is -2.39. The van der Waals surface area contributed by atoms with Crippen LogP contribution in [0.25, 0.3) is 0 Å². The van der Waals surface area contributed by atoms with Gasteiger partial charge in [-0.1, -0.05) is 35.5 Å². The van der Waals surface area contributed by atoms with Gasteiger partial charge in [-0.05, 0) is 19.4 Å². The molecular formula is C19H28N4O2. The first-order chi connectivity index (χ1) is 12.2. The van der Waals surface area contributed by atoms with Crippen LogP contribution in [0.4, 0.5) is 0 Å². The molecule has 1 aromatic carbocycles. The first kappa shape index (κ1) is 18.0. The fourth-order valence-electron chi connectivity index (χ4n) is 3.27. The van der Waals surface area contributed by atoms with Crippen molar-refractivity contribution in [3.63, 3.8) is 0 Å². The van der Waals surface area contributed by atoms with Gasteiger partial charge in [0.25, 0.3) is 0 Å². The van der Waals surface area contributed by atoms with E-state index in [4.69, 9.17) is 9.26 Å². The summed E-state index contributed by atoms with van der Waals surface area (Å²) < 4.78 is 10.9. The average molecular weight is 344 g/mol. The lowest BCUT2D eigenvalue weighted by Crippen LogP contribution is -2.52. The molecule has 136 valence electrons. The molecule has 1 atom stereocenters. The van der Waals surface area contributed by atoms with Crippen LogP contribution in [-0.2, 0) is 17.7 Å². The standard InChI is InChI=1S/C19H28N4O2/c1-3-24-12-11-23-10-9-22(14-16(23)2)15-19-20-18(21-25-19)13-17-7-5-4-6-8-17/h4-8,16H,3,9-15H2,1-2H3/t16-/m1/s1. The van der Waals surface area contributed by atoms with Gasteiger partial charge < -0.3 is 9.26 Å². The Kier molecular flexibility index (Phi) is 6.55. The van der Waals surface area contributed by atoms with E-state index in [9.17, 15) is 0 Å². The largest absolute Gasteiger partial charge is 0.380 e. The van der Waals surface area contributed by atoms with Gasteiger partial charge >= 0.3 is 0 Å². The quantitative estimate of drug-likeness (QED) is 0.685. The molecule has 2 heterocycles. The predicted octanol–water partition coefficient (Wildman–Crippen LogP) is 2.20. The second-order valence-electron chi connectivity index (χ2n) is 6.58. The fraction of sp³-hybridized carbons (Fsp3) is 0.579. The summed E-state index contributed by atoms with van der Waals surface area (Å²) in [6.07, 6.45) is 0.714. The summed E-state index contributed by atoms with van der Waals surface area (Å²) >= 11 is 0. The average Bonchev–Trinajstić information content (AvgIpc) is 3.05. The lowest BCUT2D eigenvalue weighted by atomic mass is 10.1. The number of aromatic nitrogens is 2. The molecule has 25 heavy (non-hydrogen) atoms. The molecule has 0 N–H and O–H groups in total. The highest BCUT2D eigenvalue weighted by Crippen LogP contribution is 2.13. The third-order valence-corrected chi connectivity index (χ3v) is 4.65. The van der Waals surface area contributed by atoms with Gasteiger partial charge in [-0.3, -0.25) is 9.80 Å². The number of ether oxygens (including phenoxy) is 1. The molecule has 1 aliphatic rings. The molecule has 1 aliphatic heterocycles. The Bertz CT molecular complexity index is 631. The van der Waals surface area contributed by atoms with Crippen LogP contribution in [0.5, 0.6) is 0 Å². The van der Waals surface area contributed by atoms with Crippen LogP contribution < -0.4 is 0 Å². The van der Waals surface area contributed by atoms with Gasteiger partial charge in [-0.2, -0.15) is 4.98 Å². The lowest BCUT2D eigenvalue weighted by molar-refractivity contribution is 0.0430. The summed E-state index contributed by atoms with van der Waals surface area (Å²) in [7, 11) is 0. The number of nitrogens with zero attached hydrogens (tertiary/aromatic N) is 4. The molecule has 0 bridgehead atoms. The van der Waals surface area contributed by atoms with Gasteiger partial charge in [0.2, 0.25) is 5.89 Å². The van der Waals surface area contributed by atoms with Gasteiger partial charge in [0.05, 0.1) is 13.2 Å². The molecule has 0 unspecified atom stereocenters. The maximum atomic E-state index is 5.47. The summed E-state index contributed by atoms with van der Waals surface area (Å²) in [5.74, 6) is 1.46. The maximum absolute atomic E-state index is 5.47. The highest BCUT2D eigenvalue weighted by atomic mass is 16.5. The van der Waals surface area contributed by atoms with Crippen molar-refractivity contribution in [1.29, 1.82) is 0 Å². The summed E-state index contributed by atoms with van der Waals surface area (Å²) in [4.78, 5) is 9.43. The second-order valence-corrected chi connectivity index (χ2v) is 6.58. The summed E-state index contributed by atoms with van der Waals surface area (Å²) in [6.45, 7) is 10.7. The molecule has 1 saturated heterocycles. The minimum atomic E-state index is 0.515. The number of hydrogen-bond donors (Lipinski definition) is 0. The van der Waals surface area contributed by atoms with Gasteiger partial charge in [0.15, 0.2) is 5.82 Å². The number of hydrogen-bond acceptors (Lipinski definition) is 6. The molecule has 0 aliphatic carbocycles. The number of benzene rings is 1. The van der Waals surface area contributed by atoms with Crippen LogP contribution in [0.15, 0.2) is 34.9 Å².